The Morgan fingerprint density at radius 3 is 2.39 bits per heavy atom. The molecule has 1 heterocycles. The standard InChI is InChI=1S/C23H18F4N2O2/c1-2-30-22(23-28-20-10-18(26)19(27)11-21(20)29-23)13-3-6-16(7-4-13)31-12-14-9-15(24)5-8-17(14)25/h3-11,22H,2,12H2,1H3,(H,28,29). The normalized spacial score (nSPS) is 12.3. The van der Waals surface area contributed by atoms with Crippen LogP contribution in [0.2, 0.25) is 0 Å². The fourth-order valence-electron chi connectivity index (χ4n) is 3.20. The van der Waals surface area contributed by atoms with E-state index in [9.17, 15) is 17.6 Å². The summed E-state index contributed by atoms with van der Waals surface area (Å²) in [6.45, 7) is 2.07. The summed E-state index contributed by atoms with van der Waals surface area (Å²) < 4.78 is 65.4. The summed E-state index contributed by atoms with van der Waals surface area (Å²) in [5.74, 6) is -2.18. The molecule has 0 fully saturated rings. The van der Waals surface area contributed by atoms with Crippen molar-refractivity contribution in [2.45, 2.75) is 19.6 Å². The lowest BCUT2D eigenvalue weighted by molar-refractivity contribution is 0.0859. The molecule has 1 unspecified atom stereocenters. The smallest absolute Gasteiger partial charge is 0.161 e. The van der Waals surface area contributed by atoms with Crippen molar-refractivity contribution in [1.29, 1.82) is 0 Å². The van der Waals surface area contributed by atoms with E-state index in [0.717, 1.165) is 35.9 Å². The minimum atomic E-state index is -0.977. The van der Waals surface area contributed by atoms with Crippen LogP contribution < -0.4 is 4.74 Å². The van der Waals surface area contributed by atoms with Gasteiger partial charge in [-0.2, -0.15) is 0 Å². The molecule has 1 N–H and O–H groups in total. The van der Waals surface area contributed by atoms with Gasteiger partial charge in [-0.3, -0.25) is 0 Å². The number of nitrogens with zero attached hydrogens (tertiary/aromatic N) is 1. The number of H-pyrrole nitrogens is 1. The van der Waals surface area contributed by atoms with Crippen molar-refractivity contribution < 1.29 is 27.0 Å². The fraction of sp³-hybridized carbons (Fsp3) is 0.174. The van der Waals surface area contributed by atoms with E-state index in [4.69, 9.17) is 9.47 Å². The maximum absolute atomic E-state index is 13.7. The van der Waals surface area contributed by atoms with Crippen molar-refractivity contribution in [2.24, 2.45) is 0 Å². The number of rotatable bonds is 7. The summed E-state index contributed by atoms with van der Waals surface area (Å²) in [6, 6.07) is 12.1. The van der Waals surface area contributed by atoms with Gasteiger partial charge in [0.25, 0.3) is 0 Å². The minimum Gasteiger partial charge on any atom is -0.489 e. The van der Waals surface area contributed by atoms with Gasteiger partial charge in [0.15, 0.2) is 11.6 Å². The summed E-state index contributed by atoms with van der Waals surface area (Å²) in [5.41, 5.74) is 1.48. The third kappa shape index (κ3) is 4.54. The van der Waals surface area contributed by atoms with Crippen molar-refractivity contribution in [3.05, 3.63) is 94.8 Å². The van der Waals surface area contributed by atoms with Crippen LogP contribution in [0.1, 0.15) is 30.0 Å². The summed E-state index contributed by atoms with van der Waals surface area (Å²) in [6.07, 6.45) is -0.599. The zero-order chi connectivity index (χ0) is 22.0. The number of nitrogens with one attached hydrogen (secondary N) is 1. The fourth-order valence-corrected chi connectivity index (χ4v) is 3.20. The molecule has 3 aromatic carbocycles. The van der Waals surface area contributed by atoms with Crippen LogP contribution in [0.3, 0.4) is 0 Å². The largest absolute Gasteiger partial charge is 0.489 e. The molecular weight excluding hydrogens is 412 g/mol. The van der Waals surface area contributed by atoms with Gasteiger partial charge < -0.3 is 14.5 Å². The third-order valence-electron chi connectivity index (χ3n) is 4.71. The Balaban J connectivity index is 1.54. The van der Waals surface area contributed by atoms with Crippen molar-refractivity contribution in [3.8, 4) is 5.75 Å². The Morgan fingerprint density at radius 2 is 1.65 bits per heavy atom. The van der Waals surface area contributed by atoms with Crippen molar-refractivity contribution in [3.63, 3.8) is 0 Å². The number of aromatic amines is 1. The maximum Gasteiger partial charge on any atom is 0.161 e. The first-order chi connectivity index (χ1) is 14.9. The summed E-state index contributed by atoms with van der Waals surface area (Å²) in [4.78, 5) is 7.30. The van der Waals surface area contributed by atoms with Crippen LogP contribution in [0.4, 0.5) is 17.6 Å². The van der Waals surface area contributed by atoms with Crippen LogP contribution in [-0.2, 0) is 11.3 Å². The van der Waals surface area contributed by atoms with Crippen molar-refractivity contribution >= 4 is 11.0 Å². The molecule has 1 atom stereocenters. The van der Waals surface area contributed by atoms with Gasteiger partial charge in [-0.05, 0) is 42.8 Å². The molecule has 0 aliphatic rings. The number of aromatic nitrogens is 2. The highest BCUT2D eigenvalue weighted by atomic mass is 19.2. The van der Waals surface area contributed by atoms with Crippen LogP contribution in [0, 0.1) is 23.3 Å². The zero-order valence-corrected chi connectivity index (χ0v) is 16.5. The lowest BCUT2D eigenvalue weighted by Gasteiger charge is -2.16. The maximum atomic E-state index is 13.7. The second-order valence-corrected chi connectivity index (χ2v) is 6.83. The van der Waals surface area contributed by atoms with Gasteiger partial charge in [-0.15, -0.1) is 0 Å². The van der Waals surface area contributed by atoms with E-state index in [0.29, 0.717) is 23.7 Å². The molecule has 0 saturated carbocycles. The highest BCUT2D eigenvalue weighted by molar-refractivity contribution is 5.75. The van der Waals surface area contributed by atoms with E-state index >= 15 is 0 Å². The summed E-state index contributed by atoms with van der Waals surface area (Å²) in [7, 11) is 0. The molecule has 0 aliphatic heterocycles. The van der Waals surface area contributed by atoms with Gasteiger partial charge in [0, 0.05) is 24.3 Å². The van der Waals surface area contributed by atoms with E-state index < -0.39 is 29.4 Å². The van der Waals surface area contributed by atoms with Gasteiger partial charge in [-0.1, -0.05) is 12.1 Å². The molecule has 0 radical (unpaired) electrons. The van der Waals surface area contributed by atoms with Gasteiger partial charge in [0.05, 0.1) is 11.0 Å². The van der Waals surface area contributed by atoms with Crippen molar-refractivity contribution in [1.82, 2.24) is 9.97 Å². The van der Waals surface area contributed by atoms with Gasteiger partial charge in [-0.25, -0.2) is 22.5 Å². The first kappa shape index (κ1) is 20.9. The van der Waals surface area contributed by atoms with Crippen LogP contribution in [-0.4, -0.2) is 16.6 Å². The van der Waals surface area contributed by atoms with E-state index in [1.165, 1.54) is 0 Å². The molecule has 0 bridgehead atoms. The molecule has 0 spiro atoms. The molecule has 0 saturated heterocycles. The second kappa shape index (κ2) is 8.77. The number of ether oxygens (including phenoxy) is 2. The summed E-state index contributed by atoms with van der Waals surface area (Å²) in [5, 5.41) is 0. The lowest BCUT2D eigenvalue weighted by atomic mass is 10.1. The quantitative estimate of drug-likeness (QED) is 0.376. The van der Waals surface area contributed by atoms with Crippen molar-refractivity contribution in [2.75, 3.05) is 6.61 Å². The highest BCUT2D eigenvalue weighted by Crippen LogP contribution is 2.28. The molecule has 31 heavy (non-hydrogen) atoms. The Bertz CT molecular complexity index is 1170. The highest BCUT2D eigenvalue weighted by Gasteiger charge is 2.20. The van der Waals surface area contributed by atoms with Crippen LogP contribution in [0.5, 0.6) is 5.75 Å². The first-order valence-corrected chi connectivity index (χ1v) is 9.57. The number of benzene rings is 3. The average molecular weight is 430 g/mol. The Kier molecular flexibility index (Phi) is 5.90. The van der Waals surface area contributed by atoms with Crippen LogP contribution >= 0.6 is 0 Å². The number of hydrogen-bond acceptors (Lipinski definition) is 3. The Labute approximate surface area is 175 Å². The van der Waals surface area contributed by atoms with Gasteiger partial charge >= 0.3 is 0 Å². The van der Waals surface area contributed by atoms with Crippen LogP contribution in [0.25, 0.3) is 11.0 Å². The molecule has 160 valence electrons. The number of fused-ring (bicyclic) bond motifs is 1. The number of halogens is 4. The summed E-state index contributed by atoms with van der Waals surface area (Å²) >= 11 is 0. The number of hydrogen-bond donors (Lipinski definition) is 1. The topological polar surface area (TPSA) is 47.1 Å². The predicted molar refractivity (Wildman–Crippen MR) is 107 cm³/mol. The lowest BCUT2D eigenvalue weighted by Crippen LogP contribution is -2.08. The third-order valence-corrected chi connectivity index (χ3v) is 4.71. The Morgan fingerprint density at radius 1 is 0.903 bits per heavy atom. The molecule has 4 aromatic rings. The van der Waals surface area contributed by atoms with Crippen LogP contribution in [0.15, 0.2) is 54.6 Å². The van der Waals surface area contributed by atoms with Gasteiger partial charge in [0.1, 0.15) is 35.9 Å². The molecule has 4 rings (SSSR count). The molecule has 4 nitrogen and oxygen atoms in total. The van der Waals surface area contributed by atoms with E-state index in [-0.39, 0.29) is 17.7 Å². The molecule has 0 amide bonds. The van der Waals surface area contributed by atoms with Gasteiger partial charge in [0.2, 0.25) is 0 Å². The minimum absolute atomic E-state index is 0.109. The predicted octanol–water partition coefficient (Wildman–Crippen LogP) is 5.82. The van der Waals surface area contributed by atoms with E-state index in [2.05, 4.69) is 9.97 Å². The Hall–Kier alpha value is -3.39. The van der Waals surface area contributed by atoms with E-state index in [1.54, 1.807) is 24.3 Å². The number of imidazole rings is 1. The monoisotopic (exact) mass is 430 g/mol. The van der Waals surface area contributed by atoms with E-state index in [1.807, 2.05) is 6.92 Å². The molecule has 0 aliphatic carbocycles. The average Bonchev–Trinajstić information content (AvgIpc) is 3.15. The molecular formula is C23H18F4N2O2. The molecule has 1 aromatic heterocycles. The molecule has 8 heteroatoms. The first-order valence-electron chi connectivity index (χ1n) is 9.57. The zero-order valence-electron chi connectivity index (χ0n) is 16.5. The second-order valence-electron chi connectivity index (χ2n) is 6.83. The SMILES string of the molecule is CCOC(c1ccc(OCc2cc(F)ccc2F)cc1)c1nc2cc(F)c(F)cc2[nH]1.